The van der Waals surface area contributed by atoms with Crippen molar-refractivity contribution in [1.29, 1.82) is 0 Å². The summed E-state index contributed by atoms with van der Waals surface area (Å²) in [6, 6.07) is 2.86. The Morgan fingerprint density at radius 2 is 1.67 bits per heavy atom. The first-order chi connectivity index (χ1) is 29.7. The van der Waals surface area contributed by atoms with Crippen molar-refractivity contribution >= 4 is 5.78 Å². The summed E-state index contributed by atoms with van der Waals surface area (Å²) < 4.78 is 7.53. The summed E-state index contributed by atoms with van der Waals surface area (Å²) in [5.41, 5.74) is -6.35. The molecule has 63 heavy (non-hydrogen) atoms. The standard InChI is InChI=1S/C52H73NO10/c1-6-53-25-29-22-44(3)13-10-33(29)52(43(59)28(44)2)50(61,17-18-54)42-37(63-52)23-51(62)34-21-36(57)40-39-32-19-30(55)20-35(56)31(32)9-14-49(39,60)38(58)24-45(40,4)41(34)48(26-46(42,51)5)16-15-47(27-48)11-7-8-12-47/h19-22,28,33,37-43,53-56,58-62H,6-18,23-27H2,1-5H3. The van der Waals surface area contributed by atoms with Crippen LogP contribution in [0.3, 0.4) is 0 Å². The van der Waals surface area contributed by atoms with Crippen LogP contribution >= 0.6 is 0 Å². The third kappa shape index (κ3) is 5.07. The van der Waals surface area contributed by atoms with E-state index in [0.717, 1.165) is 63.5 Å². The Labute approximate surface area is 372 Å². The summed E-state index contributed by atoms with van der Waals surface area (Å²) >= 11 is 0. The summed E-state index contributed by atoms with van der Waals surface area (Å²) in [7, 11) is 0. The number of phenolic OH excluding ortho intramolecular Hbond substituents is 2. The molecule has 7 fully saturated rings. The van der Waals surface area contributed by atoms with Crippen molar-refractivity contribution in [3.8, 4) is 11.5 Å². The van der Waals surface area contributed by atoms with Gasteiger partial charge >= 0.3 is 0 Å². The van der Waals surface area contributed by atoms with Crippen LogP contribution in [0.4, 0.5) is 0 Å². The average molecular weight is 872 g/mol. The highest BCUT2D eigenvalue weighted by atomic mass is 16.6. The zero-order chi connectivity index (χ0) is 44.7. The maximum Gasteiger partial charge on any atom is 0.160 e. The van der Waals surface area contributed by atoms with Crippen LogP contribution in [0.15, 0.2) is 35.4 Å². The number of likely N-dealkylation sites (N-methyl/N-ethyl adjacent to an activating group) is 1. The van der Waals surface area contributed by atoms with Gasteiger partial charge in [-0.3, -0.25) is 4.79 Å². The highest BCUT2D eigenvalue weighted by Crippen LogP contribution is 2.81. The Morgan fingerprint density at radius 3 is 2.38 bits per heavy atom. The van der Waals surface area contributed by atoms with E-state index in [4.69, 9.17) is 4.74 Å². The van der Waals surface area contributed by atoms with Crippen molar-refractivity contribution in [3.05, 3.63) is 46.6 Å². The van der Waals surface area contributed by atoms with Crippen LogP contribution in [0.2, 0.25) is 0 Å². The van der Waals surface area contributed by atoms with Crippen LogP contribution in [0.5, 0.6) is 11.5 Å². The number of phenols is 2. The van der Waals surface area contributed by atoms with Gasteiger partial charge in [0.2, 0.25) is 0 Å². The molecule has 1 aromatic rings. The maximum absolute atomic E-state index is 15.5. The summed E-state index contributed by atoms with van der Waals surface area (Å²) in [6.45, 7) is 11.6. The molecule has 11 heteroatoms. The molecule has 17 unspecified atom stereocenters. The molecule has 0 aromatic heterocycles. The Balaban J connectivity index is 1.10. The number of aliphatic hydroxyl groups is 6. The fraction of sp³-hybridized carbons (Fsp3) is 0.788. The maximum atomic E-state index is 15.5. The number of hydrogen-bond donors (Lipinski definition) is 9. The lowest BCUT2D eigenvalue weighted by atomic mass is 9.36. The van der Waals surface area contributed by atoms with Crippen LogP contribution < -0.4 is 5.32 Å². The Hall–Kier alpha value is -2.35. The lowest BCUT2D eigenvalue weighted by Gasteiger charge is -2.69. The molecule has 6 saturated carbocycles. The number of benzene rings is 1. The second kappa shape index (κ2) is 13.4. The fourth-order valence-electron chi connectivity index (χ4n) is 19.2. The van der Waals surface area contributed by atoms with Crippen LogP contribution in [0.25, 0.3) is 0 Å². The van der Waals surface area contributed by atoms with Gasteiger partial charge in [0.25, 0.3) is 0 Å². The number of ketones is 1. The van der Waals surface area contributed by atoms with E-state index in [9.17, 15) is 40.9 Å². The minimum absolute atomic E-state index is 0.0327. The molecule has 0 radical (unpaired) electrons. The van der Waals surface area contributed by atoms with Gasteiger partial charge in [0, 0.05) is 61.1 Å². The number of carbonyl (C=O) groups is 1. The summed E-state index contributed by atoms with van der Waals surface area (Å²) in [5.74, 6) is -3.85. The zero-order valence-corrected chi connectivity index (χ0v) is 38.1. The van der Waals surface area contributed by atoms with Crippen molar-refractivity contribution in [1.82, 2.24) is 5.32 Å². The monoisotopic (exact) mass is 872 g/mol. The largest absolute Gasteiger partial charge is 0.508 e. The topological polar surface area (TPSA) is 200 Å². The molecule has 346 valence electrons. The van der Waals surface area contributed by atoms with Gasteiger partial charge in [0.1, 0.15) is 22.7 Å². The smallest absolute Gasteiger partial charge is 0.160 e. The van der Waals surface area contributed by atoms with E-state index in [2.05, 4.69) is 46.0 Å². The molecule has 2 bridgehead atoms. The predicted molar refractivity (Wildman–Crippen MR) is 234 cm³/mol. The van der Waals surface area contributed by atoms with E-state index < -0.39 is 74.7 Å². The third-order valence-corrected chi connectivity index (χ3v) is 21.6. The molecule has 10 aliphatic carbocycles. The molecule has 17 atom stereocenters. The average Bonchev–Trinajstić information content (AvgIpc) is 3.92. The third-order valence-electron chi connectivity index (χ3n) is 21.6. The van der Waals surface area contributed by atoms with Gasteiger partial charge in [-0.2, -0.15) is 0 Å². The normalized spacial score (nSPS) is 52.2. The van der Waals surface area contributed by atoms with E-state index in [1.165, 1.54) is 6.07 Å². The first-order valence-electron chi connectivity index (χ1n) is 24.7. The molecule has 11 aliphatic rings. The van der Waals surface area contributed by atoms with E-state index >= 15 is 4.79 Å². The number of carbonyl (C=O) groups excluding carboxylic acids is 1. The number of allylic oxidation sites excluding steroid dienone is 2. The van der Waals surface area contributed by atoms with Crippen molar-refractivity contribution in [2.45, 2.75) is 178 Å². The molecule has 1 saturated heterocycles. The molecule has 0 amide bonds. The van der Waals surface area contributed by atoms with Crippen molar-refractivity contribution in [3.63, 3.8) is 0 Å². The number of fused-ring (bicyclic) bond motifs is 14. The van der Waals surface area contributed by atoms with E-state index in [1.54, 1.807) is 12.1 Å². The van der Waals surface area contributed by atoms with Gasteiger partial charge in [0.05, 0.1) is 29.5 Å². The second-order valence-electron chi connectivity index (χ2n) is 24.2. The van der Waals surface area contributed by atoms with Gasteiger partial charge < -0.3 is 50.9 Å². The minimum Gasteiger partial charge on any atom is -0.508 e. The molecule has 1 heterocycles. The van der Waals surface area contributed by atoms with Gasteiger partial charge in [-0.15, -0.1) is 0 Å². The zero-order valence-electron chi connectivity index (χ0n) is 38.1. The minimum atomic E-state index is -1.75. The van der Waals surface area contributed by atoms with Crippen LogP contribution in [-0.2, 0) is 16.0 Å². The lowest BCUT2D eigenvalue weighted by molar-refractivity contribution is -0.254. The van der Waals surface area contributed by atoms with E-state index in [1.807, 2.05) is 0 Å². The van der Waals surface area contributed by atoms with Crippen LogP contribution in [0, 0.1) is 56.7 Å². The Kier molecular flexibility index (Phi) is 9.21. The van der Waals surface area contributed by atoms with Crippen molar-refractivity contribution in [2.24, 2.45) is 56.7 Å². The molecule has 3 spiro atoms. The number of aliphatic hydroxyl groups excluding tert-OH is 3. The fourth-order valence-corrected chi connectivity index (χ4v) is 19.2. The van der Waals surface area contributed by atoms with Crippen LogP contribution in [-0.4, -0.2) is 107 Å². The number of ether oxygens (including phenoxy) is 1. The first kappa shape index (κ1) is 43.2. The van der Waals surface area contributed by atoms with E-state index in [0.29, 0.717) is 42.5 Å². The Morgan fingerprint density at radius 1 is 0.921 bits per heavy atom. The van der Waals surface area contributed by atoms with Gasteiger partial charge in [0.15, 0.2) is 5.78 Å². The highest BCUT2D eigenvalue weighted by Gasteiger charge is 2.85. The Bertz CT molecular complexity index is 2180. The molecule has 9 N–H and O–H groups in total. The number of nitrogens with one attached hydrogen (secondary N) is 1. The summed E-state index contributed by atoms with van der Waals surface area (Å²) in [5, 5.41) is 103. The molecular weight excluding hydrogens is 799 g/mol. The van der Waals surface area contributed by atoms with Gasteiger partial charge in [-0.05, 0) is 140 Å². The van der Waals surface area contributed by atoms with Crippen molar-refractivity contribution in [2.75, 3.05) is 19.7 Å². The molecule has 11 nitrogen and oxygen atoms in total. The lowest BCUT2D eigenvalue weighted by Crippen LogP contribution is -2.72. The SMILES string of the molecule is CCNCC1=CC2(C)CCC1C1(OC3CC4(O)C5=CC(=O)C6C7c8cc(O)cc(O)c8CCC7(O)C(O)CC6(C)C5C5(CCC6(CCCC6)C5)CC4(C)C3C1(O)CCO)C(O)C2C. The van der Waals surface area contributed by atoms with Gasteiger partial charge in [-0.1, -0.05) is 59.1 Å². The van der Waals surface area contributed by atoms with Crippen LogP contribution in [0.1, 0.15) is 142 Å². The highest BCUT2D eigenvalue weighted by molar-refractivity contribution is 5.96. The summed E-state index contributed by atoms with van der Waals surface area (Å²) in [6.07, 6.45) is 11.0. The second-order valence-corrected chi connectivity index (χ2v) is 24.2. The molecule has 1 aromatic carbocycles. The number of rotatable bonds is 5. The quantitative estimate of drug-likeness (QED) is 0.170. The number of aromatic hydroxyl groups is 2. The van der Waals surface area contributed by atoms with Crippen molar-refractivity contribution < 1.29 is 50.4 Å². The first-order valence-corrected chi connectivity index (χ1v) is 24.7. The number of hydrogen-bond acceptors (Lipinski definition) is 11. The molecular formula is C52H73NO10. The predicted octanol–water partition coefficient (Wildman–Crippen LogP) is 5.48. The molecule has 1 aliphatic heterocycles. The molecule has 12 rings (SSSR count). The van der Waals surface area contributed by atoms with Gasteiger partial charge in [-0.25, -0.2) is 0 Å². The van der Waals surface area contributed by atoms with E-state index in [-0.39, 0.29) is 78.2 Å². The summed E-state index contributed by atoms with van der Waals surface area (Å²) in [4.78, 5) is 15.5.